The van der Waals surface area contributed by atoms with Crippen LogP contribution in [0.2, 0.25) is 0 Å². The van der Waals surface area contributed by atoms with Crippen molar-refractivity contribution in [2.45, 2.75) is 19.0 Å². The zero-order valence-electron chi connectivity index (χ0n) is 10.8. The van der Waals surface area contributed by atoms with Gasteiger partial charge in [-0.05, 0) is 36.2 Å². The lowest BCUT2D eigenvalue weighted by Crippen LogP contribution is -2.15. The zero-order valence-corrected chi connectivity index (χ0v) is 10.8. The summed E-state index contributed by atoms with van der Waals surface area (Å²) in [5, 5.41) is 16.5. The van der Waals surface area contributed by atoms with Crippen molar-refractivity contribution >= 4 is 5.69 Å². The quantitative estimate of drug-likeness (QED) is 0.772. The van der Waals surface area contributed by atoms with Gasteiger partial charge in [-0.2, -0.15) is 0 Å². The van der Waals surface area contributed by atoms with E-state index in [-0.39, 0.29) is 6.04 Å². The van der Waals surface area contributed by atoms with Gasteiger partial charge in [0.05, 0.1) is 6.04 Å². The van der Waals surface area contributed by atoms with Gasteiger partial charge in [-0.1, -0.05) is 30.3 Å². The Hall–Kier alpha value is -2.00. The fourth-order valence-electron chi connectivity index (χ4n) is 2.61. The fourth-order valence-corrected chi connectivity index (χ4v) is 2.61. The van der Waals surface area contributed by atoms with Gasteiger partial charge in [-0.3, -0.25) is 0 Å². The fraction of sp³-hybridized carbons (Fsp3) is 0.250. The molecule has 0 aliphatic carbocycles. The van der Waals surface area contributed by atoms with Crippen molar-refractivity contribution in [2.24, 2.45) is 0 Å². The number of rotatable bonds is 2. The molecule has 3 nitrogen and oxygen atoms in total. The molecule has 1 atom stereocenters. The molecule has 1 aliphatic heterocycles. The summed E-state index contributed by atoms with van der Waals surface area (Å²) in [7, 11) is 0. The summed E-state index contributed by atoms with van der Waals surface area (Å²) in [6.45, 7) is 1.92. The van der Waals surface area contributed by atoms with E-state index in [4.69, 9.17) is 0 Å². The minimum atomic E-state index is 0.285. The summed E-state index contributed by atoms with van der Waals surface area (Å²) in [5.74, 6) is 0.296. The second-order valence-corrected chi connectivity index (χ2v) is 4.91. The maximum atomic E-state index is 9.54. The van der Waals surface area contributed by atoms with Gasteiger partial charge in [0.1, 0.15) is 5.75 Å². The molecule has 0 spiro atoms. The Kier molecular flexibility index (Phi) is 3.38. The van der Waals surface area contributed by atoms with E-state index < -0.39 is 0 Å². The molecule has 2 aromatic rings. The molecule has 0 saturated carbocycles. The molecule has 3 N–H and O–H groups in total. The number of hydrogen-bond acceptors (Lipinski definition) is 3. The van der Waals surface area contributed by atoms with Crippen LogP contribution in [-0.2, 0) is 6.54 Å². The number of hydrogen-bond donors (Lipinski definition) is 3. The summed E-state index contributed by atoms with van der Waals surface area (Å²) in [6, 6.07) is 16.1. The van der Waals surface area contributed by atoms with E-state index in [1.807, 2.05) is 12.1 Å². The summed E-state index contributed by atoms with van der Waals surface area (Å²) in [5.41, 5.74) is 3.65. The van der Waals surface area contributed by atoms with Crippen LogP contribution in [0.15, 0.2) is 48.5 Å². The van der Waals surface area contributed by atoms with Crippen LogP contribution in [0.25, 0.3) is 0 Å². The number of phenolic OH excluding ortho intramolecular Hbond substituents is 1. The summed E-state index contributed by atoms with van der Waals surface area (Å²) in [4.78, 5) is 0. The van der Waals surface area contributed by atoms with Gasteiger partial charge < -0.3 is 15.7 Å². The molecule has 1 aliphatic rings. The number of phenols is 1. The van der Waals surface area contributed by atoms with E-state index in [1.165, 1.54) is 11.1 Å². The maximum Gasteiger partial charge on any atom is 0.117 e. The van der Waals surface area contributed by atoms with E-state index in [0.29, 0.717) is 5.75 Å². The molecule has 3 heteroatoms. The van der Waals surface area contributed by atoms with Crippen molar-refractivity contribution in [2.75, 3.05) is 11.9 Å². The Morgan fingerprint density at radius 3 is 2.89 bits per heavy atom. The monoisotopic (exact) mass is 254 g/mol. The molecule has 0 amide bonds. The van der Waals surface area contributed by atoms with Crippen molar-refractivity contribution in [3.8, 4) is 5.75 Å². The number of fused-ring (bicyclic) bond motifs is 1. The van der Waals surface area contributed by atoms with Crippen LogP contribution >= 0.6 is 0 Å². The smallest absolute Gasteiger partial charge is 0.117 e. The minimum absolute atomic E-state index is 0.285. The molecule has 1 unspecified atom stereocenters. The number of anilines is 1. The molecule has 3 rings (SSSR count). The Balaban J connectivity index is 1.88. The molecule has 0 bridgehead atoms. The third-order valence-corrected chi connectivity index (χ3v) is 3.54. The lowest BCUT2D eigenvalue weighted by molar-refractivity contribution is 0.475. The van der Waals surface area contributed by atoms with Crippen molar-refractivity contribution in [3.05, 3.63) is 59.7 Å². The van der Waals surface area contributed by atoms with Gasteiger partial charge in [0.25, 0.3) is 0 Å². The molecule has 0 aromatic heterocycles. The largest absolute Gasteiger partial charge is 0.508 e. The molecule has 0 fully saturated rings. The molecule has 1 heterocycles. The highest BCUT2D eigenvalue weighted by atomic mass is 16.3. The molecular formula is C16H18N2O. The highest BCUT2D eigenvalue weighted by molar-refractivity contribution is 5.50. The second-order valence-electron chi connectivity index (χ2n) is 4.91. The third-order valence-electron chi connectivity index (χ3n) is 3.54. The third kappa shape index (κ3) is 2.71. The lowest BCUT2D eigenvalue weighted by Gasteiger charge is -2.20. The average Bonchev–Trinajstić information content (AvgIpc) is 2.62. The Morgan fingerprint density at radius 2 is 2.00 bits per heavy atom. The Labute approximate surface area is 113 Å². The SMILES string of the molecule is Oc1cccc(NC2CCNCc3ccccc32)c1. The molecule has 0 radical (unpaired) electrons. The van der Waals surface area contributed by atoms with Crippen LogP contribution in [0.3, 0.4) is 0 Å². The Bertz CT molecular complexity index is 568. The van der Waals surface area contributed by atoms with Gasteiger partial charge in [-0.15, -0.1) is 0 Å². The number of nitrogens with one attached hydrogen (secondary N) is 2. The molecule has 98 valence electrons. The van der Waals surface area contributed by atoms with Crippen molar-refractivity contribution in [3.63, 3.8) is 0 Å². The summed E-state index contributed by atoms with van der Waals surface area (Å²) in [6.07, 6.45) is 1.03. The predicted octanol–water partition coefficient (Wildman–Crippen LogP) is 3.04. The molecule has 2 aromatic carbocycles. The average molecular weight is 254 g/mol. The van der Waals surface area contributed by atoms with Gasteiger partial charge in [-0.25, -0.2) is 0 Å². The van der Waals surface area contributed by atoms with Crippen molar-refractivity contribution < 1.29 is 5.11 Å². The number of aromatic hydroxyl groups is 1. The first-order valence-electron chi connectivity index (χ1n) is 6.67. The molecule has 19 heavy (non-hydrogen) atoms. The van der Waals surface area contributed by atoms with Crippen LogP contribution < -0.4 is 10.6 Å². The topological polar surface area (TPSA) is 44.3 Å². The molecular weight excluding hydrogens is 236 g/mol. The molecule has 0 saturated heterocycles. The first-order chi connectivity index (χ1) is 9.33. The van der Waals surface area contributed by atoms with Crippen LogP contribution in [0.1, 0.15) is 23.6 Å². The first-order valence-corrected chi connectivity index (χ1v) is 6.67. The Morgan fingerprint density at radius 1 is 1.11 bits per heavy atom. The zero-order chi connectivity index (χ0) is 13.1. The normalized spacial score (nSPS) is 18.4. The van der Waals surface area contributed by atoms with Crippen LogP contribution in [0, 0.1) is 0 Å². The summed E-state index contributed by atoms with van der Waals surface area (Å²) >= 11 is 0. The predicted molar refractivity (Wildman–Crippen MR) is 77.2 cm³/mol. The maximum absolute atomic E-state index is 9.54. The lowest BCUT2D eigenvalue weighted by atomic mass is 9.99. The first kappa shape index (κ1) is 12.1. The van der Waals surface area contributed by atoms with E-state index in [1.54, 1.807) is 12.1 Å². The van der Waals surface area contributed by atoms with E-state index in [0.717, 1.165) is 25.2 Å². The van der Waals surface area contributed by atoms with E-state index in [2.05, 4.69) is 34.9 Å². The standard InChI is InChI=1S/C16H18N2O/c19-14-6-3-5-13(10-14)18-16-8-9-17-11-12-4-1-2-7-15(12)16/h1-7,10,16-19H,8-9,11H2. The second kappa shape index (κ2) is 5.33. The van der Waals surface area contributed by atoms with Crippen LogP contribution in [0.4, 0.5) is 5.69 Å². The van der Waals surface area contributed by atoms with Crippen molar-refractivity contribution in [1.29, 1.82) is 0 Å². The summed E-state index contributed by atoms with van der Waals surface area (Å²) < 4.78 is 0. The van der Waals surface area contributed by atoms with E-state index in [9.17, 15) is 5.11 Å². The van der Waals surface area contributed by atoms with Crippen LogP contribution in [-0.4, -0.2) is 11.7 Å². The minimum Gasteiger partial charge on any atom is -0.508 e. The van der Waals surface area contributed by atoms with Crippen LogP contribution in [0.5, 0.6) is 5.75 Å². The van der Waals surface area contributed by atoms with Gasteiger partial charge in [0, 0.05) is 18.3 Å². The van der Waals surface area contributed by atoms with Gasteiger partial charge in [0.15, 0.2) is 0 Å². The van der Waals surface area contributed by atoms with Gasteiger partial charge >= 0.3 is 0 Å². The highest BCUT2D eigenvalue weighted by Gasteiger charge is 2.17. The highest BCUT2D eigenvalue weighted by Crippen LogP contribution is 2.28. The van der Waals surface area contributed by atoms with Gasteiger partial charge in [0.2, 0.25) is 0 Å². The number of benzene rings is 2. The van der Waals surface area contributed by atoms with E-state index >= 15 is 0 Å². The van der Waals surface area contributed by atoms with Crippen molar-refractivity contribution in [1.82, 2.24) is 5.32 Å².